The molecule has 0 amide bonds. The molecule has 0 radical (unpaired) electrons. The van der Waals surface area contributed by atoms with E-state index in [0.29, 0.717) is 4.67 Å². The summed E-state index contributed by atoms with van der Waals surface area (Å²) in [5, 5.41) is 0. The quantitative estimate of drug-likeness (QED) is 0.940. The molecule has 1 aromatic heterocycles. The third-order valence-corrected chi connectivity index (χ3v) is 3.37. The first-order valence-electron chi connectivity index (χ1n) is 5.69. The van der Waals surface area contributed by atoms with Gasteiger partial charge in [0.1, 0.15) is 11.5 Å². The Morgan fingerprint density at radius 2 is 1.83 bits per heavy atom. The van der Waals surface area contributed by atoms with Gasteiger partial charge in [-0.25, -0.2) is 0 Å². The van der Waals surface area contributed by atoms with Crippen molar-refractivity contribution in [3.05, 3.63) is 51.4 Å². The summed E-state index contributed by atoms with van der Waals surface area (Å²) in [6, 6.07) is 7.53. The summed E-state index contributed by atoms with van der Waals surface area (Å²) in [6.45, 7) is 4.03. The molecule has 1 atom stereocenters. The van der Waals surface area contributed by atoms with E-state index in [4.69, 9.17) is 14.9 Å². The lowest BCUT2D eigenvalue weighted by Gasteiger charge is -2.14. The highest BCUT2D eigenvalue weighted by Gasteiger charge is 2.15. The minimum absolute atomic E-state index is 0.264. The van der Waals surface area contributed by atoms with Gasteiger partial charge in [-0.2, -0.15) is 0 Å². The molecule has 0 saturated carbocycles. The van der Waals surface area contributed by atoms with Crippen LogP contribution in [0, 0.1) is 13.8 Å². The van der Waals surface area contributed by atoms with Gasteiger partial charge in [0.25, 0.3) is 0 Å². The van der Waals surface area contributed by atoms with Gasteiger partial charge in [0, 0.05) is 0 Å². The third kappa shape index (κ3) is 2.44. The molecule has 96 valence electrons. The Hall–Kier alpha value is -1.26. The zero-order valence-electron chi connectivity index (χ0n) is 10.7. The predicted octanol–water partition coefficient (Wildman–Crippen LogP) is 3.72. The van der Waals surface area contributed by atoms with Crippen LogP contribution < -0.4 is 10.5 Å². The number of nitrogens with two attached hydrogens (primary N) is 1. The normalized spacial score (nSPS) is 12.5. The maximum Gasteiger partial charge on any atom is 0.169 e. The summed E-state index contributed by atoms with van der Waals surface area (Å²) in [6.07, 6.45) is 0. The first kappa shape index (κ1) is 13.2. The first-order valence-corrected chi connectivity index (χ1v) is 6.48. The van der Waals surface area contributed by atoms with Gasteiger partial charge in [0.05, 0.1) is 13.2 Å². The molecule has 1 aromatic carbocycles. The van der Waals surface area contributed by atoms with Crippen LogP contribution in [0.4, 0.5) is 0 Å². The number of ether oxygens (including phenoxy) is 1. The fraction of sp³-hybridized carbons (Fsp3) is 0.286. The summed E-state index contributed by atoms with van der Waals surface area (Å²) in [7, 11) is 1.68. The van der Waals surface area contributed by atoms with Crippen molar-refractivity contribution in [1.29, 1.82) is 0 Å². The zero-order chi connectivity index (χ0) is 13.3. The first-order chi connectivity index (χ1) is 8.52. The molecule has 4 heteroatoms. The lowest BCUT2D eigenvalue weighted by atomic mass is 9.99. The van der Waals surface area contributed by atoms with Crippen molar-refractivity contribution in [1.82, 2.24) is 0 Å². The van der Waals surface area contributed by atoms with Crippen molar-refractivity contribution in [2.24, 2.45) is 5.73 Å². The molecular weight excluding hydrogens is 294 g/mol. The standard InChI is InChI=1S/C14H16BrNO2/c1-8-6-10(7-9(2)14(8)17-3)13(16)11-4-5-12(15)18-11/h4-7,13H,16H2,1-3H3. The van der Waals surface area contributed by atoms with Crippen LogP contribution in [-0.2, 0) is 0 Å². The molecule has 0 aliphatic heterocycles. The van der Waals surface area contributed by atoms with Crippen molar-refractivity contribution in [3.8, 4) is 5.75 Å². The van der Waals surface area contributed by atoms with Crippen molar-refractivity contribution < 1.29 is 9.15 Å². The minimum Gasteiger partial charge on any atom is -0.496 e. The average Bonchev–Trinajstić information content (AvgIpc) is 2.74. The van der Waals surface area contributed by atoms with Crippen LogP contribution in [0.15, 0.2) is 33.4 Å². The Bertz CT molecular complexity index is 540. The third-order valence-electron chi connectivity index (χ3n) is 2.95. The Balaban J connectivity index is 2.40. The highest BCUT2D eigenvalue weighted by Crippen LogP contribution is 2.30. The summed E-state index contributed by atoms with van der Waals surface area (Å²) in [4.78, 5) is 0. The van der Waals surface area contributed by atoms with Gasteiger partial charge >= 0.3 is 0 Å². The summed E-state index contributed by atoms with van der Waals surface area (Å²) < 4.78 is 11.5. The fourth-order valence-corrected chi connectivity index (χ4v) is 2.46. The van der Waals surface area contributed by atoms with E-state index in [2.05, 4.69) is 15.9 Å². The Morgan fingerprint density at radius 3 is 2.28 bits per heavy atom. The Kier molecular flexibility index (Phi) is 3.78. The van der Waals surface area contributed by atoms with Crippen LogP contribution in [0.3, 0.4) is 0 Å². The molecule has 18 heavy (non-hydrogen) atoms. The molecule has 0 aliphatic carbocycles. The molecule has 1 heterocycles. The van der Waals surface area contributed by atoms with Crippen molar-refractivity contribution in [3.63, 3.8) is 0 Å². The smallest absolute Gasteiger partial charge is 0.169 e. The number of furan rings is 1. The Labute approximate surface area is 115 Å². The van der Waals surface area contributed by atoms with E-state index in [9.17, 15) is 0 Å². The maximum absolute atomic E-state index is 6.20. The molecule has 0 saturated heterocycles. The molecule has 3 nitrogen and oxygen atoms in total. The van der Waals surface area contributed by atoms with Gasteiger partial charge in [-0.1, -0.05) is 12.1 Å². The van der Waals surface area contributed by atoms with E-state index < -0.39 is 0 Å². The molecule has 2 rings (SSSR count). The van der Waals surface area contributed by atoms with E-state index in [1.165, 1.54) is 0 Å². The summed E-state index contributed by atoms with van der Waals surface area (Å²) in [5.74, 6) is 1.65. The number of hydrogen-bond donors (Lipinski definition) is 1. The van der Waals surface area contributed by atoms with Crippen LogP contribution in [0.25, 0.3) is 0 Å². The zero-order valence-corrected chi connectivity index (χ0v) is 12.2. The predicted molar refractivity (Wildman–Crippen MR) is 74.9 cm³/mol. The molecule has 2 N–H and O–H groups in total. The molecule has 0 aliphatic rings. The topological polar surface area (TPSA) is 48.4 Å². The van der Waals surface area contributed by atoms with Crippen LogP contribution >= 0.6 is 15.9 Å². The van der Waals surface area contributed by atoms with E-state index in [1.807, 2.05) is 38.1 Å². The van der Waals surface area contributed by atoms with Crippen molar-refractivity contribution in [2.45, 2.75) is 19.9 Å². The van der Waals surface area contributed by atoms with Crippen molar-refractivity contribution >= 4 is 15.9 Å². The van der Waals surface area contributed by atoms with Gasteiger partial charge in [0.15, 0.2) is 4.67 Å². The van der Waals surface area contributed by atoms with Gasteiger partial charge in [0.2, 0.25) is 0 Å². The van der Waals surface area contributed by atoms with E-state index in [-0.39, 0.29) is 6.04 Å². The molecular formula is C14H16BrNO2. The SMILES string of the molecule is COc1c(C)cc(C(N)c2ccc(Br)o2)cc1C. The van der Waals surface area contributed by atoms with Gasteiger partial charge in [-0.3, -0.25) is 0 Å². The molecule has 1 unspecified atom stereocenters. The van der Waals surface area contributed by atoms with Crippen LogP contribution in [0.1, 0.15) is 28.5 Å². The van der Waals surface area contributed by atoms with Gasteiger partial charge in [-0.15, -0.1) is 0 Å². The minimum atomic E-state index is -0.264. The van der Waals surface area contributed by atoms with Gasteiger partial charge in [-0.05, 0) is 58.6 Å². The van der Waals surface area contributed by atoms with Crippen molar-refractivity contribution in [2.75, 3.05) is 7.11 Å². The number of methoxy groups -OCH3 is 1. The fourth-order valence-electron chi connectivity index (χ4n) is 2.14. The van der Waals surface area contributed by atoms with Crippen LogP contribution in [0.5, 0.6) is 5.75 Å². The summed E-state index contributed by atoms with van der Waals surface area (Å²) in [5.41, 5.74) is 9.38. The van der Waals surface area contributed by atoms with E-state index in [0.717, 1.165) is 28.2 Å². The molecule has 0 spiro atoms. The van der Waals surface area contributed by atoms with E-state index in [1.54, 1.807) is 7.11 Å². The lowest BCUT2D eigenvalue weighted by Crippen LogP contribution is -2.11. The number of benzene rings is 1. The highest BCUT2D eigenvalue weighted by molar-refractivity contribution is 9.10. The number of hydrogen-bond acceptors (Lipinski definition) is 3. The maximum atomic E-state index is 6.20. The van der Waals surface area contributed by atoms with E-state index >= 15 is 0 Å². The second-order valence-electron chi connectivity index (χ2n) is 4.31. The number of aryl methyl sites for hydroxylation is 2. The molecule has 2 aromatic rings. The monoisotopic (exact) mass is 309 g/mol. The second kappa shape index (κ2) is 5.16. The molecule has 0 bridgehead atoms. The largest absolute Gasteiger partial charge is 0.496 e. The average molecular weight is 310 g/mol. The number of rotatable bonds is 3. The van der Waals surface area contributed by atoms with Gasteiger partial charge < -0.3 is 14.9 Å². The second-order valence-corrected chi connectivity index (χ2v) is 5.09. The number of halogens is 1. The summed E-state index contributed by atoms with van der Waals surface area (Å²) >= 11 is 3.28. The highest BCUT2D eigenvalue weighted by atomic mass is 79.9. The van der Waals surface area contributed by atoms with Crippen LogP contribution in [-0.4, -0.2) is 7.11 Å². The lowest BCUT2D eigenvalue weighted by molar-refractivity contribution is 0.408. The Morgan fingerprint density at radius 1 is 1.22 bits per heavy atom. The molecule has 0 fully saturated rings. The van der Waals surface area contributed by atoms with Crippen LogP contribution in [0.2, 0.25) is 0 Å².